The quantitative estimate of drug-likeness (QED) is 0.877. The summed E-state index contributed by atoms with van der Waals surface area (Å²) in [6.45, 7) is 5.03. The third kappa shape index (κ3) is 2.18. The second-order valence-corrected chi connectivity index (χ2v) is 5.79. The third-order valence-corrected chi connectivity index (χ3v) is 3.65. The summed E-state index contributed by atoms with van der Waals surface area (Å²) in [4.78, 5) is 0. The van der Waals surface area contributed by atoms with Crippen molar-refractivity contribution >= 4 is 11.3 Å². The number of hydrogen-bond acceptors (Lipinski definition) is 2. The van der Waals surface area contributed by atoms with Crippen molar-refractivity contribution < 1.29 is 9.84 Å². The Balaban J connectivity index is 2.19. The maximum absolute atomic E-state index is 9.68. The predicted molar refractivity (Wildman–Crippen MR) is 81.1 cm³/mol. The molecule has 1 aliphatic heterocycles. The fourth-order valence-corrected chi connectivity index (χ4v) is 2.71. The Bertz CT molecular complexity index is 654. The molecule has 0 aromatic heterocycles. The van der Waals surface area contributed by atoms with Gasteiger partial charge >= 0.3 is 0 Å². The Kier molecular flexibility index (Phi) is 3.01. The zero-order chi connectivity index (χ0) is 14.2. The summed E-state index contributed by atoms with van der Waals surface area (Å²) < 4.78 is 5.94. The van der Waals surface area contributed by atoms with Gasteiger partial charge in [-0.1, -0.05) is 56.3 Å². The molecule has 2 nitrogen and oxygen atoms in total. The molecule has 0 unspecified atom stereocenters. The molecule has 2 heteroatoms. The molecular weight excluding hydrogens is 248 g/mol. The number of benzene rings is 2. The number of phenols is 1. The Morgan fingerprint density at radius 2 is 1.65 bits per heavy atom. The van der Waals surface area contributed by atoms with Gasteiger partial charge in [-0.3, -0.25) is 0 Å². The van der Waals surface area contributed by atoms with Gasteiger partial charge in [0.2, 0.25) is 0 Å². The number of hydrogen-bond donors (Lipinski definition) is 1. The van der Waals surface area contributed by atoms with Crippen LogP contribution in [-0.4, -0.2) is 11.7 Å². The maximum atomic E-state index is 9.68. The van der Waals surface area contributed by atoms with Crippen molar-refractivity contribution in [2.75, 3.05) is 6.61 Å². The highest BCUT2D eigenvalue weighted by Gasteiger charge is 2.35. The van der Waals surface area contributed by atoms with Gasteiger partial charge in [-0.25, -0.2) is 0 Å². The highest BCUT2D eigenvalue weighted by atomic mass is 16.5. The van der Waals surface area contributed by atoms with Gasteiger partial charge in [0.25, 0.3) is 0 Å². The smallest absolute Gasteiger partial charge is 0.131 e. The van der Waals surface area contributed by atoms with Crippen LogP contribution >= 0.6 is 0 Å². The van der Waals surface area contributed by atoms with Crippen molar-refractivity contribution in [3.63, 3.8) is 0 Å². The van der Waals surface area contributed by atoms with Crippen LogP contribution in [0.3, 0.4) is 0 Å². The van der Waals surface area contributed by atoms with E-state index in [1.165, 1.54) is 11.1 Å². The molecule has 0 bridgehead atoms. The van der Waals surface area contributed by atoms with Crippen LogP contribution in [0.25, 0.3) is 11.3 Å². The molecule has 0 saturated heterocycles. The lowest BCUT2D eigenvalue weighted by atomic mass is 9.81. The summed E-state index contributed by atoms with van der Waals surface area (Å²) >= 11 is 0. The summed E-state index contributed by atoms with van der Waals surface area (Å²) in [5, 5.41) is 9.68. The van der Waals surface area contributed by atoms with Gasteiger partial charge in [0.15, 0.2) is 0 Å². The molecule has 0 spiro atoms. The number of ether oxygens (including phenoxy) is 1. The first-order chi connectivity index (χ1) is 9.58. The molecule has 0 aliphatic carbocycles. The van der Waals surface area contributed by atoms with Crippen LogP contribution in [0, 0.1) is 5.41 Å². The zero-order valence-electron chi connectivity index (χ0n) is 11.8. The molecule has 102 valence electrons. The van der Waals surface area contributed by atoms with Gasteiger partial charge in [-0.2, -0.15) is 0 Å². The first kappa shape index (κ1) is 12.8. The minimum Gasteiger partial charge on any atom is -0.508 e. The van der Waals surface area contributed by atoms with Crippen LogP contribution in [0.4, 0.5) is 0 Å². The Morgan fingerprint density at radius 3 is 2.35 bits per heavy atom. The summed E-state index contributed by atoms with van der Waals surface area (Å²) in [6, 6.07) is 17.5. The molecule has 0 atom stereocenters. The molecular formula is C18H18O2. The normalized spacial score (nSPS) is 17.1. The molecule has 0 fully saturated rings. The van der Waals surface area contributed by atoms with E-state index < -0.39 is 0 Å². The highest BCUT2D eigenvalue weighted by molar-refractivity contribution is 5.92. The van der Waals surface area contributed by atoms with Crippen LogP contribution < -0.4 is 0 Å². The van der Waals surface area contributed by atoms with Crippen molar-refractivity contribution in [2.24, 2.45) is 5.41 Å². The fraction of sp³-hybridized carbons (Fsp3) is 0.222. The second-order valence-electron chi connectivity index (χ2n) is 5.79. The standard InChI is InChI=1S/C18H18O2/c1-18(2)12-20-17(14-9-6-10-15(19)11-14)16(18)13-7-4-3-5-8-13/h3-11,19H,12H2,1-2H3. The second kappa shape index (κ2) is 4.71. The average molecular weight is 266 g/mol. The SMILES string of the molecule is CC1(C)COC(c2cccc(O)c2)=C1c1ccccc1. The van der Waals surface area contributed by atoms with Crippen molar-refractivity contribution in [2.45, 2.75) is 13.8 Å². The van der Waals surface area contributed by atoms with E-state index in [-0.39, 0.29) is 11.2 Å². The molecule has 0 saturated carbocycles. The van der Waals surface area contributed by atoms with Crippen LogP contribution in [0.15, 0.2) is 54.6 Å². The number of phenolic OH excluding ortho intramolecular Hbond substituents is 1. The number of rotatable bonds is 2. The van der Waals surface area contributed by atoms with Crippen molar-refractivity contribution in [1.82, 2.24) is 0 Å². The molecule has 1 heterocycles. The monoisotopic (exact) mass is 266 g/mol. The lowest BCUT2D eigenvalue weighted by molar-refractivity contribution is 0.229. The minimum atomic E-state index is -0.0395. The summed E-state index contributed by atoms with van der Waals surface area (Å²) in [6.07, 6.45) is 0. The molecule has 0 radical (unpaired) electrons. The van der Waals surface area contributed by atoms with Gasteiger partial charge in [-0.15, -0.1) is 0 Å². The molecule has 2 aromatic rings. The summed E-state index contributed by atoms with van der Waals surface area (Å²) in [7, 11) is 0. The van der Waals surface area contributed by atoms with Gasteiger partial charge in [0.1, 0.15) is 11.5 Å². The molecule has 3 rings (SSSR count). The third-order valence-electron chi connectivity index (χ3n) is 3.65. The topological polar surface area (TPSA) is 29.5 Å². The van der Waals surface area contributed by atoms with E-state index in [1.807, 2.05) is 30.3 Å². The van der Waals surface area contributed by atoms with E-state index in [2.05, 4.69) is 26.0 Å². The van der Waals surface area contributed by atoms with Crippen molar-refractivity contribution in [3.05, 3.63) is 65.7 Å². The highest BCUT2D eigenvalue weighted by Crippen LogP contribution is 2.46. The Labute approximate surface area is 119 Å². The van der Waals surface area contributed by atoms with E-state index in [0.717, 1.165) is 11.3 Å². The first-order valence-corrected chi connectivity index (χ1v) is 6.80. The molecule has 1 N–H and O–H groups in total. The summed E-state index contributed by atoms with van der Waals surface area (Å²) in [5.41, 5.74) is 3.26. The Hall–Kier alpha value is -2.22. The van der Waals surface area contributed by atoms with E-state index in [0.29, 0.717) is 6.61 Å². The molecule has 20 heavy (non-hydrogen) atoms. The lowest BCUT2D eigenvalue weighted by Crippen LogP contribution is -2.14. The van der Waals surface area contributed by atoms with E-state index in [1.54, 1.807) is 12.1 Å². The van der Waals surface area contributed by atoms with E-state index in [4.69, 9.17) is 4.74 Å². The van der Waals surface area contributed by atoms with Crippen LogP contribution in [0.2, 0.25) is 0 Å². The molecule has 0 amide bonds. The van der Waals surface area contributed by atoms with Crippen molar-refractivity contribution in [1.29, 1.82) is 0 Å². The summed E-state index contributed by atoms with van der Waals surface area (Å²) in [5.74, 6) is 1.13. The Morgan fingerprint density at radius 1 is 0.950 bits per heavy atom. The minimum absolute atomic E-state index is 0.0395. The average Bonchev–Trinajstić information content (AvgIpc) is 2.75. The largest absolute Gasteiger partial charge is 0.508 e. The van der Waals surface area contributed by atoms with Gasteiger partial charge < -0.3 is 9.84 Å². The van der Waals surface area contributed by atoms with E-state index >= 15 is 0 Å². The number of aromatic hydroxyl groups is 1. The fourth-order valence-electron chi connectivity index (χ4n) is 2.71. The predicted octanol–water partition coefficient (Wildman–Crippen LogP) is 4.32. The first-order valence-electron chi connectivity index (χ1n) is 6.80. The van der Waals surface area contributed by atoms with Crippen LogP contribution in [0.1, 0.15) is 25.0 Å². The van der Waals surface area contributed by atoms with Crippen LogP contribution in [0.5, 0.6) is 5.75 Å². The molecule has 1 aliphatic rings. The lowest BCUT2D eigenvalue weighted by Gasteiger charge is -2.19. The van der Waals surface area contributed by atoms with Gasteiger partial charge in [-0.05, 0) is 17.7 Å². The van der Waals surface area contributed by atoms with Crippen LogP contribution in [-0.2, 0) is 4.74 Å². The van der Waals surface area contributed by atoms with E-state index in [9.17, 15) is 5.11 Å². The molecule has 2 aromatic carbocycles. The maximum Gasteiger partial charge on any atom is 0.131 e. The van der Waals surface area contributed by atoms with Gasteiger partial charge in [0, 0.05) is 16.6 Å². The van der Waals surface area contributed by atoms with Gasteiger partial charge in [0.05, 0.1) is 6.61 Å². The van der Waals surface area contributed by atoms with Crippen molar-refractivity contribution in [3.8, 4) is 5.75 Å². The zero-order valence-corrected chi connectivity index (χ0v) is 11.8.